The number of piperidine rings is 1. The van der Waals surface area contributed by atoms with Crippen molar-refractivity contribution in [3.05, 3.63) is 71.6 Å². The highest BCUT2D eigenvalue weighted by Gasteiger charge is 2.30. The number of hydrogen-bond acceptors (Lipinski definition) is 4. The van der Waals surface area contributed by atoms with E-state index in [0.717, 1.165) is 38.0 Å². The molecular weight excluding hydrogens is 443 g/mol. The van der Waals surface area contributed by atoms with Crippen LogP contribution in [0.25, 0.3) is 6.08 Å². The van der Waals surface area contributed by atoms with Gasteiger partial charge >= 0.3 is 0 Å². The predicted molar refractivity (Wildman–Crippen MR) is 136 cm³/mol. The molecule has 0 unspecified atom stereocenters. The molecule has 2 amide bonds. The minimum atomic E-state index is -0.675. The summed E-state index contributed by atoms with van der Waals surface area (Å²) in [5.74, 6) is -0.797. The molecule has 0 aromatic heterocycles. The van der Waals surface area contributed by atoms with Crippen LogP contribution in [0.4, 0.5) is 10.1 Å². The minimum absolute atomic E-state index is 0.0565. The van der Waals surface area contributed by atoms with Gasteiger partial charge in [-0.2, -0.15) is 5.26 Å². The molecule has 0 aliphatic carbocycles. The number of nitrogens with zero attached hydrogens (tertiary/aromatic N) is 3. The highest BCUT2D eigenvalue weighted by molar-refractivity contribution is 6.01. The van der Waals surface area contributed by atoms with Crippen LogP contribution in [-0.4, -0.2) is 48.9 Å². The lowest BCUT2D eigenvalue weighted by Gasteiger charge is -2.33. The number of carbonyl (C=O) groups is 2. The zero-order chi connectivity index (χ0) is 25.4. The number of amides is 2. The van der Waals surface area contributed by atoms with E-state index in [1.165, 1.54) is 29.2 Å². The Morgan fingerprint density at radius 3 is 2.31 bits per heavy atom. The minimum Gasteiger partial charge on any atom is -0.352 e. The number of benzene rings is 2. The standard InChI is InChI=1S/C28H33FN4O2/c1-28(2,3)27(35)33(25-12-10-23(29)11-13-25)20-26(34)31-24-14-17-32(18-15-24)16-4-5-21-6-8-22(19-30)9-7-21/h4-13,24H,14-18,20H2,1-3H3,(H,31,34)/b5-4+. The Morgan fingerprint density at radius 2 is 1.74 bits per heavy atom. The number of rotatable bonds is 7. The molecule has 7 heteroatoms. The first-order valence-corrected chi connectivity index (χ1v) is 11.9. The van der Waals surface area contributed by atoms with Crippen LogP contribution >= 0.6 is 0 Å². The number of nitriles is 1. The van der Waals surface area contributed by atoms with Crippen molar-refractivity contribution >= 4 is 23.6 Å². The maximum Gasteiger partial charge on any atom is 0.240 e. The van der Waals surface area contributed by atoms with Gasteiger partial charge in [-0.25, -0.2) is 4.39 Å². The number of likely N-dealkylation sites (tertiary alicyclic amines) is 1. The van der Waals surface area contributed by atoms with Gasteiger partial charge in [0.15, 0.2) is 0 Å². The summed E-state index contributed by atoms with van der Waals surface area (Å²) < 4.78 is 13.4. The molecule has 3 rings (SSSR count). The number of anilines is 1. The second-order valence-electron chi connectivity index (χ2n) is 9.90. The number of nitrogens with one attached hydrogen (secondary N) is 1. The molecule has 2 aromatic rings. The van der Waals surface area contributed by atoms with Crippen LogP contribution in [-0.2, 0) is 9.59 Å². The molecule has 0 radical (unpaired) electrons. The van der Waals surface area contributed by atoms with Gasteiger partial charge in [-0.15, -0.1) is 0 Å². The quantitative estimate of drug-likeness (QED) is 0.644. The molecule has 1 N–H and O–H groups in total. The highest BCUT2D eigenvalue weighted by Crippen LogP contribution is 2.23. The SMILES string of the molecule is CC(C)(C)C(=O)N(CC(=O)NC1CCN(C/C=C/c2ccc(C#N)cc2)CC1)c1ccc(F)cc1. The summed E-state index contributed by atoms with van der Waals surface area (Å²) in [7, 11) is 0. The number of hydrogen-bond donors (Lipinski definition) is 1. The monoisotopic (exact) mass is 476 g/mol. The van der Waals surface area contributed by atoms with Crippen molar-refractivity contribution in [3.8, 4) is 6.07 Å². The molecule has 6 nitrogen and oxygen atoms in total. The van der Waals surface area contributed by atoms with Gasteiger partial charge in [0.05, 0.1) is 11.6 Å². The van der Waals surface area contributed by atoms with Crippen LogP contribution in [0.3, 0.4) is 0 Å². The molecule has 1 saturated heterocycles. The molecule has 0 bridgehead atoms. The van der Waals surface area contributed by atoms with Gasteiger partial charge in [0.25, 0.3) is 0 Å². The van der Waals surface area contributed by atoms with E-state index in [1.807, 2.05) is 18.2 Å². The third-order valence-electron chi connectivity index (χ3n) is 5.99. The second kappa shape index (κ2) is 11.8. The second-order valence-corrected chi connectivity index (χ2v) is 9.90. The van der Waals surface area contributed by atoms with Crippen molar-refractivity contribution in [2.24, 2.45) is 5.41 Å². The van der Waals surface area contributed by atoms with Crippen molar-refractivity contribution in [1.82, 2.24) is 10.2 Å². The largest absolute Gasteiger partial charge is 0.352 e. The molecule has 184 valence electrons. The summed E-state index contributed by atoms with van der Waals surface area (Å²) in [5, 5.41) is 12.0. The highest BCUT2D eigenvalue weighted by atomic mass is 19.1. The zero-order valence-electron chi connectivity index (χ0n) is 20.6. The summed E-state index contributed by atoms with van der Waals surface area (Å²) in [4.78, 5) is 29.6. The van der Waals surface area contributed by atoms with E-state index in [4.69, 9.17) is 5.26 Å². The van der Waals surface area contributed by atoms with Crippen molar-refractivity contribution in [2.75, 3.05) is 31.1 Å². The molecule has 1 aliphatic heterocycles. The normalized spacial score (nSPS) is 15.1. The number of carbonyl (C=O) groups excluding carboxylic acids is 2. The molecule has 35 heavy (non-hydrogen) atoms. The van der Waals surface area contributed by atoms with Crippen molar-refractivity contribution in [2.45, 2.75) is 39.7 Å². The van der Waals surface area contributed by atoms with E-state index in [-0.39, 0.29) is 30.2 Å². The lowest BCUT2D eigenvalue weighted by molar-refractivity contribution is -0.128. The van der Waals surface area contributed by atoms with Crippen LogP contribution in [0.1, 0.15) is 44.7 Å². The van der Waals surface area contributed by atoms with Crippen molar-refractivity contribution in [3.63, 3.8) is 0 Å². The van der Waals surface area contributed by atoms with Gasteiger partial charge in [0.2, 0.25) is 11.8 Å². The molecule has 1 heterocycles. The van der Waals surface area contributed by atoms with E-state index in [2.05, 4.69) is 22.4 Å². The summed E-state index contributed by atoms with van der Waals surface area (Å²) >= 11 is 0. The molecular formula is C28H33FN4O2. The number of halogens is 1. The summed E-state index contributed by atoms with van der Waals surface area (Å²) in [6.07, 6.45) is 5.82. The van der Waals surface area contributed by atoms with Gasteiger partial charge < -0.3 is 10.2 Å². The third kappa shape index (κ3) is 7.76. The maximum absolute atomic E-state index is 13.4. The first kappa shape index (κ1) is 26.1. The topological polar surface area (TPSA) is 76.4 Å². The lowest BCUT2D eigenvalue weighted by atomic mass is 9.94. The van der Waals surface area contributed by atoms with Crippen LogP contribution in [0, 0.1) is 22.6 Å². The molecule has 1 fully saturated rings. The fourth-order valence-electron chi connectivity index (χ4n) is 3.99. The van der Waals surface area contributed by atoms with E-state index in [1.54, 1.807) is 32.9 Å². The van der Waals surface area contributed by atoms with Crippen LogP contribution in [0.5, 0.6) is 0 Å². The van der Waals surface area contributed by atoms with E-state index in [0.29, 0.717) is 11.3 Å². The third-order valence-corrected chi connectivity index (χ3v) is 5.99. The average molecular weight is 477 g/mol. The zero-order valence-corrected chi connectivity index (χ0v) is 20.6. The Bertz CT molecular complexity index is 1070. The van der Waals surface area contributed by atoms with Crippen molar-refractivity contribution < 1.29 is 14.0 Å². The Hall–Kier alpha value is -3.50. The Kier molecular flexibility index (Phi) is 8.78. The average Bonchev–Trinajstić information content (AvgIpc) is 2.84. The van der Waals surface area contributed by atoms with Gasteiger partial charge in [-0.3, -0.25) is 14.5 Å². The van der Waals surface area contributed by atoms with Gasteiger partial charge in [-0.1, -0.05) is 45.1 Å². The first-order chi connectivity index (χ1) is 16.7. The maximum atomic E-state index is 13.4. The summed E-state index contributed by atoms with van der Waals surface area (Å²) in [6, 6.07) is 15.3. The smallest absolute Gasteiger partial charge is 0.240 e. The fourth-order valence-corrected chi connectivity index (χ4v) is 3.99. The molecule has 2 aromatic carbocycles. The van der Waals surface area contributed by atoms with E-state index >= 15 is 0 Å². The van der Waals surface area contributed by atoms with Crippen LogP contribution in [0.2, 0.25) is 0 Å². The Morgan fingerprint density at radius 1 is 1.11 bits per heavy atom. The fraction of sp³-hybridized carbons (Fsp3) is 0.393. The van der Waals surface area contributed by atoms with Gasteiger partial charge in [0.1, 0.15) is 12.4 Å². The molecule has 0 spiro atoms. The lowest BCUT2D eigenvalue weighted by Crippen LogP contribution is -2.50. The van der Waals surface area contributed by atoms with Crippen molar-refractivity contribution in [1.29, 1.82) is 5.26 Å². The van der Waals surface area contributed by atoms with E-state index < -0.39 is 5.41 Å². The summed E-state index contributed by atoms with van der Waals surface area (Å²) in [6.45, 7) is 7.85. The predicted octanol–water partition coefficient (Wildman–Crippen LogP) is 4.37. The Labute approximate surface area is 207 Å². The molecule has 1 aliphatic rings. The van der Waals surface area contributed by atoms with Gasteiger partial charge in [0, 0.05) is 36.8 Å². The van der Waals surface area contributed by atoms with Gasteiger partial charge in [-0.05, 0) is 54.8 Å². The molecule has 0 atom stereocenters. The van der Waals surface area contributed by atoms with E-state index in [9.17, 15) is 14.0 Å². The Balaban J connectivity index is 1.49. The molecule has 0 saturated carbocycles. The van der Waals surface area contributed by atoms with Crippen LogP contribution < -0.4 is 10.2 Å². The van der Waals surface area contributed by atoms with Crippen LogP contribution in [0.15, 0.2) is 54.6 Å². The summed E-state index contributed by atoms with van der Waals surface area (Å²) in [5.41, 5.74) is 1.53. The first-order valence-electron chi connectivity index (χ1n) is 11.9.